The quantitative estimate of drug-likeness (QED) is 0.147. The second kappa shape index (κ2) is 12.5. The minimum absolute atomic E-state index is 0. The molecule has 0 radical (unpaired) electrons. The van der Waals surface area contributed by atoms with Gasteiger partial charge >= 0.3 is 0 Å². The molecule has 2 aromatic carbocycles. The summed E-state index contributed by atoms with van der Waals surface area (Å²) >= 11 is 0. The first-order valence-electron chi connectivity index (χ1n) is 10.1. The number of benzene rings is 2. The normalized spacial score (nSPS) is 11.5. The molecule has 0 saturated carbocycles. The number of para-hydroxylation sites is 2. The monoisotopic (exact) mass is 562 g/mol. The maximum Gasteiger partial charge on any atom is 0.166 e. The van der Waals surface area contributed by atoms with Gasteiger partial charge in [0.1, 0.15) is 13.1 Å². The van der Waals surface area contributed by atoms with Crippen LogP contribution in [0.4, 0.5) is 0 Å². The molecule has 0 aliphatic carbocycles. The summed E-state index contributed by atoms with van der Waals surface area (Å²) in [6.45, 7) is 3.29. The van der Waals surface area contributed by atoms with Crippen molar-refractivity contribution in [2.75, 3.05) is 41.3 Å². The Morgan fingerprint density at radius 3 is 1.29 bits per heavy atom. The molecule has 0 spiro atoms. The first kappa shape index (κ1) is 29.5. The molecule has 31 heavy (non-hydrogen) atoms. The summed E-state index contributed by atoms with van der Waals surface area (Å²) in [5.41, 5.74) is 1.53. The van der Waals surface area contributed by atoms with E-state index >= 15 is 0 Å². The SMILES string of the molecule is C[N+](C)(CCCCC[N+](C)(C)Cc1cccc(O)c1O)Cc1cccc(O)c1O.[Br-].[Br-]. The molecule has 0 saturated heterocycles. The number of unbranched alkanes of at least 4 members (excludes halogenated alkanes) is 2. The van der Waals surface area contributed by atoms with Crippen molar-refractivity contribution in [2.24, 2.45) is 0 Å². The zero-order valence-corrected chi connectivity index (χ0v) is 22.0. The van der Waals surface area contributed by atoms with Crippen LogP contribution in [-0.4, -0.2) is 70.7 Å². The van der Waals surface area contributed by atoms with Gasteiger partial charge in [0.05, 0.1) is 52.4 Å². The van der Waals surface area contributed by atoms with Crippen molar-refractivity contribution in [1.29, 1.82) is 0 Å². The first-order valence-corrected chi connectivity index (χ1v) is 10.1. The van der Waals surface area contributed by atoms with Crippen LogP contribution >= 0.6 is 0 Å². The lowest BCUT2D eigenvalue weighted by molar-refractivity contribution is -0.905. The minimum atomic E-state index is -0.0692. The summed E-state index contributed by atoms with van der Waals surface area (Å²) in [4.78, 5) is 0. The molecule has 0 bridgehead atoms. The van der Waals surface area contributed by atoms with E-state index in [0.717, 1.165) is 52.4 Å². The van der Waals surface area contributed by atoms with Gasteiger partial charge in [0.15, 0.2) is 23.0 Å². The van der Waals surface area contributed by atoms with Crippen LogP contribution in [0.25, 0.3) is 0 Å². The standard InChI is InChI=1S/C23H34N2O4.2BrH/c1-24(2,16-18-10-8-12-20(26)22(18)28)14-6-5-7-15-25(3,4)17-19-11-9-13-21(27)23(19)29;;/h8-13H,5-7,14-17H2,1-4H3,(H2-2,26,27,28,29);2*1H. The predicted molar refractivity (Wildman–Crippen MR) is 115 cm³/mol. The van der Waals surface area contributed by atoms with Crippen LogP contribution in [0.2, 0.25) is 0 Å². The van der Waals surface area contributed by atoms with Gasteiger partial charge in [-0.25, -0.2) is 0 Å². The number of aromatic hydroxyl groups is 4. The van der Waals surface area contributed by atoms with E-state index in [4.69, 9.17) is 0 Å². The van der Waals surface area contributed by atoms with Gasteiger partial charge in [0, 0.05) is 0 Å². The van der Waals surface area contributed by atoms with Crippen LogP contribution in [0, 0.1) is 0 Å². The molecule has 176 valence electrons. The van der Waals surface area contributed by atoms with Crippen LogP contribution in [0.15, 0.2) is 36.4 Å². The Bertz CT molecular complexity index is 762. The van der Waals surface area contributed by atoms with Gasteiger partial charge in [-0.2, -0.15) is 0 Å². The molecule has 4 N–H and O–H groups in total. The fourth-order valence-corrected chi connectivity index (χ4v) is 3.75. The number of halogens is 2. The molecule has 2 rings (SSSR count). The van der Waals surface area contributed by atoms with Crippen LogP contribution in [0.5, 0.6) is 23.0 Å². The highest BCUT2D eigenvalue weighted by molar-refractivity contribution is 5.44. The number of nitrogens with zero attached hydrogens (tertiary/aromatic N) is 2. The molecule has 8 heteroatoms. The van der Waals surface area contributed by atoms with Crippen LogP contribution < -0.4 is 34.0 Å². The summed E-state index contributed by atoms with van der Waals surface area (Å²) in [5.74, 6) is -0.179. The van der Waals surface area contributed by atoms with E-state index in [2.05, 4.69) is 28.2 Å². The van der Waals surface area contributed by atoms with Gasteiger partial charge in [-0.15, -0.1) is 0 Å². The molecule has 0 unspecified atom stereocenters. The smallest absolute Gasteiger partial charge is 0.166 e. The molecule has 0 amide bonds. The van der Waals surface area contributed by atoms with E-state index in [1.165, 1.54) is 12.1 Å². The van der Waals surface area contributed by atoms with E-state index in [9.17, 15) is 20.4 Å². The maximum absolute atomic E-state index is 10.0. The lowest BCUT2D eigenvalue weighted by atomic mass is 10.1. The predicted octanol–water partition coefficient (Wildman–Crippen LogP) is -2.46. The summed E-state index contributed by atoms with van der Waals surface area (Å²) in [6, 6.07) is 10.2. The average Bonchev–Trinajstić information content (AvgIpc) is 2.62. The summed E-state index contributed by atoms with van der Waals surface area (Å²) in [5, 5.41) is 39.4. The van der Waals surface area contributed by atoms with Crippen LogP contribution in [-0.2, 0) is 13.1 Å². The highest BCUT2D eigenvalue weighted by atomic mass is 79.9. The molecular weight excluding hydrogens is 528 g/mol. The minimum Gasteiger partial charge on any atom is -1.00 e. The maximum atomic E-state index is 10.0. The van der Waals surface area contributed by atoms with Crippen LogP contribution in [0.1, 0.15) is 30.4 Å². The van der Waals surface area contributed by atoms with E-state index < -0.39 is 0 Å². The van der Waals surface area contributed by atoms with E-state index in [1.54, 1.807) is 12.1 Å². The number of phenols is 4. The third kappa shape index (κ3) is 9.27. The molecule has 0 heterocycles. The Morgan fingerprint density at radius 1 is 0.581 bits per heavy atom. The molecule has 6 nitrogen and oxygen atoms in total. The van der Waals surface area contributed by atoms with Crippen molar-refractivity contribution in [2.45, 2.75) is 32.4 Å². The van der Waals surface area contributed by atoms with Gasteiger partial charge in [-0.3, -0.25) is 0 Å². The van der Waals surface area contributed by atoms with Crippen LogP contribution in [0.3, 0.4) is 0 Å². The molecule has 0 aliphatic heterocycles. The Kier molecular flexibility index (Phi) is 11.9. The van der Waals surface area contributed by atoms with Crippen molar-refractivity contribution in [3.63, 3.8) is 0 Å². The van der Waals surface area contributed by atoms with Gasteiger partial charge in [0.2, 0.25) is 0 Å². The van der Waals surface area contributed by atoms with Crippen molar-refractivity contribution >= 4 is 0 Å². The number of phenolic OH excluding ortho intramolecular Hbond substituents is 4. The second-order valence-electron chi connectivity index (χ2n) is 9.27. The number of quaternary nitrogens is 2. The largest absolute Gasteiger partial charge is 1.00 e. The topological polar surface area (TPSA) is 80.9 Å². The van der Waals surface area contributed by atoms with Crippen molar-refractivity contribution in [3.05, 3.63) is 47.5 Å². The second-order valence-corrected chi connectivity index (χ2v) is 9.27. The molecule has 0 atom stereocenters. The highest BCUT2D eigenvalue weighted by Crippen LogP contribution is 2.31. The summed E-state index contributed by atoms with van der Waals surface area (Å²) < 4.78 is 1.48. The lowest BCUT2D eigenvalue weighted by Gasteiger charge is -2.31. The lowest BCUT2D eigenvalue weighted by Crippen LogP contribution is -3.00. The summed E-state index contributed by atoms with van der Waals surface area (Å²) in [7, 11) is 8.53. The highest BCUT2D eigenvalue weighted by Gasteiger charge is 2.21. The third-order valence-electron chi connectivity index (χ3n) is 5.42. The van der Waals surface area contributed by atoms with E-state index in [1.807, 2.05) is 12.1 Å². The zero-order chi connectivity index (χ0) is 21.7. The van der Waals surface area contributed by atoms with Gasteiger partial charge in [-0.1, -0.05) is 12.1 Å². The van der Waals surface area contributed by atoms with Gasteiger partial charge in [0.25, 0.3) is 0 Å². The van der Waals surface area contributed by atoms with Crippen molar-refractivity contribution in [1.82, 2.24) is 0 Å². The molecular formula is C23H36Br2N2O4. The fourth-order valence-electron chi connectivity index (χ4n) is 3.75. The van der Waals surface area contributed by atoms with Gasteiger partial charge in [-0.05, 0) is 43.5 Å². The van der Waals surface area contributed by atoms with Crippen molar-refractivity contribution in [3.8, 4) is 23.0 Å². The Balaban J connectivity index is 0.00000450. The van der Waals surface area contributed by atoms with Gasteiger partial charge < -0.3 is 63.4 Å². The zero-order valence-electron chi connectivity index (χ0n) is 18.9. The Labute approximate surface area is 207 Å². The molecule has 0 fully saturated rings. The van der Waals surface area contributed by atoms with E-state index in [-0.39, 0.29) is 57.0 Å². The summed E-state index contributed by atoms with van der Waals surface area (Å²) in [6.07, 6.45) is 3.25. The number of hydrogen-bond donors (Lipinski definition) is 4. The average molecular weight is 564 g/mol. The Morgan fingerprint density at radius 2 is 0.935 bits per heavy atom. The fraction of sp³-hybridized carbons (Fsp3) is 0.478. The number of hydrogen-bond acceptors (Lipinski definition) is 4. The molecule has 0 aliphatic rings. The van der Waals surface area contributed by atoms with Crippen molar-refractivity contribution < 1.29 is 63.4 Å². The third-order valence-corrected chi connectivity index (χ3v) is 5.42. The Hall–Kier alpha value is -1.48. The number of rotatable bonds is 10. The molecule has 2 aromatic rings. The molecule has 0 aromatic heterocycles. The van der Waals surface area contributed by atoms with E-state index in [0.29, 0.717) is 13.1 Å². The first-order chi connectivity index (χ1) is 13.5.